The van der Waals surface area contributed by atoms with Gasteiger partial charge in [-0.1, -0.05) is 56.9 Å². The molecule has 1 aromatic rings. The fourth-order valence-corrected chi connectivity index (χ4v) is 3.91. The molecule has 0 radical (unpaired) electrons. The van der Waals surface area contributed by atoms with Crippen LogP contribution in [-0.4, -0.2) is 10.9 Å². The van der Waals surface area contributed by atoms with E-state index in [0.29, 0.717) is 18.0 Å². The van der Waals surface area contributed by atoms with Crippen LogP contribution in [0.25, 0.3) is 0 Å². The molecule has 130 valence electrons. The molecule has 4 heteroatoms. The van der Waals surface area contributed by atoms with Crippen molar-refractivity contribution in [2.45, 2.75) is 58.8 Å². The molecular weight excluding hydrogens is 316 g/mol. The van der Waals surface area contributed by atoms with Gasteiger partial charge >= 0.3 is 0 Å². The zero-order valence-electron chi connectivity index (χ0n) is 14.8. The number of rotatable bonds is 7. The molecule has 1 aliphatic rings. The Morgan fingerprint density at radius 3 is 2.75 bits per heavy atom. The van der Waals surface area contributed by atoms with Gasteiger partial charge in [0.05, 0.1) is 0 Å². The lowest BCUT2D eigenvalue weighted by Gasteiger charge is -2.24. The molecular formula is C20H28N2OS. The van der Waals surface area contributed by atoms with E-state index in [1.807, 2.05) is 44.3 Å². The molecule has 0 aromatic carbocycles. The molecule has 0 N–H and O–H groups in total. The van der Waals surface area contributed by atoms with Crippen molar-refractivity contribution in [2.24, 2.45) is 5.92 Å². The number of hydrogen-bond acceptors (Lipinski definition) is 3. The van der Waals surface area contributed by atoms with Crippen molar-refractivity contribution in [2.75, 3.05) is 4.90 Å². The highest BCUT2D eigenvalue weighted by molar-refractivity contribution is 7.15. The quantitative estimate of drug-likeness (QED) is 0.586. The van der Waals surface area contributed by atoms with Crippen LogP contribution in [0.4, 0.5) is 5.13 Å². The third kappa shape index (κ3) is 5.45. The van der Waals surface area contributed by atoms with E-state index >= 15 is 0 Å². The van der Waals surface area contributed by atoms with E-state index in [1.54, 1.807) is 4.90 Å². The first-order valence-corrected chi connectivity index (χ1v) is 9.67. The molecule has 0 unspecified atom stereocenters. The minimum absolute atomic E-state index is 0.102. The van der Waals surface area contributed by atoms with E-state index in [1.165, 1.54) is 43.4 Å². The maximum absolute atomic E-state index is 12.8. The Morgan fingerprint density at radius 2 is 2.12 bits per heavy atom. The second kappa shape index (κ2) is 9.58. The lowest BCUT2D eigenvalue weighted by Crippen LogP contribution is -2.29. The van der Waals surface area contributed by atoms with Crippen LogP contribution in [0, 0.1) is 12.8 Å². The summed E-state index contributed by atoms with van der Waals surface area (Å²) in [7, 11) is 0. The topological polar surface area (TPSA) is 33.2 Å². The Kier molecular flexibility index (Phi) is 7.44. The molecule has 0 aliphatic heterocycles. The highest BCUT2D eigenvalue weighted by Gasteiger charge is 2.22. The van der Waals surface area contributed by atoms with Crippen LogP contribution in [0.1, 0.15) is 56.7 Å². The molecule has 1 amide bonds. The summed E-state index contributed by atoms with van der Waals surface area (Å²) >= 11 is 1.53. The van der Waals surface area contributed by atoms with Gasteiger partial charge in [0.15, 0.2) is 5.13 Å². The van der Waals surface area contributed by atoms with Gasteiger partial charge in [0, 0.05) is 23.2 Å². The zero-order chi connectivity index (χ0) is 17.4. The third-order valence-electron chi connectivity index (χ3n) is 4.42. The summed E-state index contributed by atoms with van der Waals surface area (Å²) in [6.45, 7) is 8.05. The van der Waals surface area contributed by atoms with Crippen molar-refractivity contribution < 1.29 is 4.79 Å². The first kappa shape index (κ1) is 18.7. The highest BCUT2D eigenvalue weighted by atomic mass is 32.1. The molecule has 3 nitrogen and oxygen atoms in total. The first-order valence-electron chi connectivity index (χ1n) is 8.85. The standard InChI is InChI=1S/C20H28N2OS/c1-4-5-7-10-16(2)22(20-21-15-17(3)24-20)19(23)14-13-18-11-8-6-9-12-18/h4-5,7,10,15,18H,2,6,8-9,11-14H2,1,3H3/b5-4-,10-7-. The smallest absolute Gasteiger partial charge is 0.233 e. The van der Waals surface area contributed by atoms with Gasteiger partial charge < -0.3 is 0 Å². The molecule has 0 bridgehead atoms. The second-order valence-electron chi connectivity index (χ2n) is 6.40. The first-order chi connectivity index (χ1) is 11.6. The zero-order valence-corrected chi connectivity index (χ0v) is 15.6. The van der Waals surface area contributed by atoms with Crippen molar-refractivity contribution in [1.29, 1.82) is 0 Å². The Labute approximate surface area is 149 Å². The number of amides is 1. The number of thiazole rings is 1. The molecule has 1 fully saturated rings. The van der Waals surface area contributed by atoms with Gasteiger partial charge in [-0.15, -0.1) is 11.3 Å². The van der Waals surface area contributed by atoms with Gasteiger partial charge in [-0.3, -0.25) is 9.69 Å². The number of hydrogen-bond donors (Lipinski definition) is 0. The molecule has 0 saturated heterocycles. The van der Waals surface area contributed by atoms with Gasteiger partial charge in [-0.25, -0.2) is 4.98 Å². The van der Waals surface area contributed by atoms with E-state index in [2.05, 4.69) is 11.6 Å². The third-order valence-corrected chi connectivity index (χ3v) is 5.32. The molecule has 1 aromatic heterocycles. The normalized spacial score (nSPS) is 16.1. The number of allylic oxidation sites excluding steroid dienone is 4. The predicted molar refractivity (Wildman–Crippen MR) is 103 cm³/mol. The number of anilines is 1. The van der Waals surface area contributed by atoms with Crippen LogP contribution in [0.5, 0.6) is 0 Å². The van der Waals surface area contributed by atoms with Gasteiger partial charge in [0.2, 0.25) is 5.91 Å². The second-order valence-corrected chi connectivity index (χ2v) is 7.61. The van der Waals surface area contributed by atoms with E-state index in [-0.39, 0.29) is 5.91 Å². The Bertz CT molecular complexity index is 609. The number of aromatic nitrogens is 1. The van der Waals surface area contributed by atoms with Crippen molar-refractivity contribution in [3.05, 3.63) is 47.7 Å². The van der Waals surface area contributed by atoms with Gasteiger partial charge in [-0.2, -0.15) is 0 Å². The molecule has 1 saturated carbocycles. The largest absolute Gasteiger partial charge is 0.274 e. The average molecular weight is 345 g/mol. The van der Waals surface area contributed by atoms with E-state index < -0.39 is 0 Å². The molecule has 1 heterocycles. The maximum Gasteiger partial charge on any atom is 0.233 e. The molecule has 2 rings (SSSR count). The SMILES string of the molecule is C=C(/C=C\C=C/C)N(C(=O)CCC1CCCCC1)c1ncc(C)s1. The van der Waals surface area contributed by atoms with Crippen LogP contribution >= 0.6 is 11.3 Å². The van der Waals surface area contributed by atoms with E-state index in [4.69, 9.17) is 0 Å². The van der Waals surface area contributed by atoms with E-state index in [9.17, 15) is 4.79 Å². The Hall–Kier alpha value is -1.68. The fraction of sp³-hybridized carbons (Fsp3) is 0.500. The summed E-state index contributed by atoms with van der Waals surface area (Å²) in [5.41, 5.74) is 0.677. The Balaban J connectivity index is 2.06. The number of nitrogens with zero attached hydrogens (tertiary/aromatic N) is 2. The molecule has 0 spiro atoms. The van der Waals surface area contributed by atoms with E-state index in [0.717, 1.165) is 16.4 Å². The van der Waals surface area contributed by atoms with Crippen molar-refractivity contribution >= 4 is 22.4 Å². The summed E-state index contributed by atoms with van der Waals surface area (Å²) in [4.78, 5) is 20.0. The highest BCUT2D eigenvalue weighted by Crippen LogP contribution is 2.30. The van der Waals surface area contributed by atoms with Gasteiger partial charge in [0.1, 0.15) is 0 Å². The minimum atomic E-state index is 0.102. The molecule has 0 atom stereocenters. The van der Waals surface area contributed by atoms with Crippen molar-refractivity contribution in [1.82, 2.24) is 4.98 Å². The number of carbonyl (C=O) groups is 1. The van der Waals surface area contributed by atoms with Crippen LogP contribution in [0.15, 0.2) is 42.8 Å². The van der Waals surface area contributed by atoms with Crippen LogP contribution in [0.3, 0.4) is 0 Å². The average Bonchev–Trinajstić information content (AvgIpc) is 3.00. The van der Waals surface area contributed by atoms with Crippen LogP contribution < -0.4 is 4.90 Å². The minimum Gasteiger partial charge on any atom is -0.274 e. The summed E-state index contributed by atoms with van der Waals surface area (Å²) in [5.74, 6) is 0.805. The van der Waals surface area contributed by atoms with Crippen LogP contribution in [0.2, 0.25) is 0 Å². The van der Waals surface area contributed by atoms with Crippen LogP contribution in [-0.2, 0) is 4.79 Å². The molecule has 1 aliphatic carbocycles. The fourth-order valence-electron chi connectivity index (χ4n) is 3.10. The number of aryl methyl sites for hydroxylation is 1. The van der Waals surface area contributed by atoms with Crippen molar-refractivity contribution in [3.8, 4) is 0 Å². The van der Waals surface area contributed by atoms with Gasteiger partial charge in [0.25, 0.3) is 0 Å². The summed E-state index contributed by atoms with van der Waals surface area (Å²) in [6.07, 6.45) is 17.5. The Morgan fingerprint density at radius 1 is 1.38 bits per heavy atom. The summed E-state index contributed by atoms with van der Waals surface area (Å²) < 4.78 is 0. The lowest BCUT2D eigenvalue weighted by atomic mass is 9.86. The predicted octanol–water partition coefficient (Wildman–Crippen LogP) is 5.79. The van der Waals surface area contributed by atoms with Gasteiger partial charge in [-0.05, 0) is 32.3 Å². The van der Waals surface area contributed by atoms with Crippen molar-refractivity contribution in [3.63, 3.8) is 0 Å². The maximum atomic E-state index is 12.8. The number of carbonyl (C=O) groups excluding carboxylic acids is 1. The monoisotopic (exact) mass is 344 g/mol. The summed E-state index contributed by atoms with van der Waals surface area (Å²) in [5, 5.41) is 0.719. The lowest BCUT2D eigenvalue weighted by molar-refractivity contribution is -0.118. The summed E-state index contributed by atoms with van der Waals surface area (Å²) in [6, 6.07) is 0. The molecule has 24 heavy (non-hydrogen) atoms.